The number of nitrogens with zero attached hydrogens (tertiary/aromatic N) is 6. The summed E-state index contributed by atoms with van der Waals surface area (Å²) in [6, 6.07) is 8.87. The highest BCUT2D eigenvalue weighted by molar-refractivity contribution is 7.13. The first-order valence-electron chi connectivity index (χ1n) is 14.4. The number of anilines is 1. The molecule has 12 nitrogen and oxygen atoms in total. The van der Waals surface area contributed by atoms with Crippen LogP contribution in [0.3, 0.4) is 0 Å². The van der Waals surface area contributed by atoms with Gasteiger partial charge in [0.05, 0.1) is 10.7 Å². The van der Waals surface area contributed by atoms with Crippen LogP contribution in [0.25, 0.3) is 10.1 Å². The number of hydrogen-bond donors (Lipinski definition) is 2. The topological polar surface area (TPSA) is 138 Å². The molecule has 2 aromatic rings. The Morgan fingerprint density at radius 2 is 1.64 bits per heavy atom. The molecule has 2 N–H and O–H groups in total. The van der Waals surface area contributed by atoms with E-state index in [0.717, 1.165) is 71.0 Å². The van der Waals surface area contributed by atoms with Gasteiger partial charge in [-0.3, -0.25) is 19.5 Å². The largest absolute Gasteiger partial charge is 0.478 e. The van der Waals surface area contributed by atoms with Gasteiger partial charge in [0.15, 0.2) is 0 Å². The molecule has 0 aliphatic carbocycles. The van der Waals surface area contributed by atoms with E-state index in [9.17, 15) is 19.2 Å². The molecule has 0 spiro atoms. The second-order valence-electron chi connectivity index (χ2n) is 11.0. The summed E-state index contributed by atoms with van der Waals surface area (Å²) in [4.78, 5) is 55.5. The van der Waals surface area contributed by atoms with Gasteiger partial charge in [0.2, 0.25) is 5.91 Å². The van der Waals surface area contributed by atoms with E-state index in [2.05, 4.69) is 52.8 Å². The molecule has 1 atom stereocenters. The summed E-state index contributed by atoms with van der Waals surface area (Å²) in [7, 11) is 0. The number of carbonyl (C=O) groups excluding carboxylic acids is 2. The third kappa shape index (κ3) is 8.05. The SMILES string of the molecule is CC(C)N1CCN2C(=O)N(CCCCN3CCN(c4nsc5ccccc45)CC3)C(=O)CC2C1.O=C(O)/C=C/C(=O)O. The van der Waals surface area contributed by atoms with Crippen molar-refractivity contribution in [2.24, 2.45) is 0 Å². The number of fused-ring (bicyclic) bond motifs is 2. The van der Waals surface area contributed by atoms with Crippen LogP contribution in [0.15, 0.2) is 36.4 Å². The summed E-state index contributed by atoms with van der Waals surface area (Å²) in [6.07, 6.45) is 3.44. The lowest BCUT2D eigenvalue weighted by Crippen LogP contribution is -2.64. The van der Waals surface area contributed by atoms with Crippen molar-refractivity contribution in [1.82, 2.24) is 24.0 Å². The lowest BCUT2D eigenvalue weighted by Gasteiger charge is -2.47. The van der Waals surface area contributed by atoms with E-state index in [1.807, 2.05) is 4.90 Å². The summed E-state index contributed by atoms with van der Waals surface area (Å²) in [5.74, 6) is -1.39. The molecule has 5 rings (SSSR count). The number of hydrogen-bond acceptors (Lipinski definition) is 9. The van der Waals surface area contributed by atoms with Crippen LogP contribution < -0.4 is 4.90 Å². The molecule has 1 aromatic carbocycles. The fourth-order valence-corrected chi connectivity index (χ4v) is 6.40. The molecule has 0 radical (unpaired) electrons. The van der Waals surface area contributed by atoms with Crippen LogP contribution in [0.4, 0.5) is 10.6 Å². The van der Waals surface area contributed by atoms with Crippen LogP contribution in [-0.4, -0.2) is 129 Å². The first kappa shape index (κ1) is 31.4. The van der Waals surface area contributed by atoms with Crippen molar-refractivity contribution in [3.8, 4) is 0 Å². The van der Waals surface area contributed by atoms with E-state index in [0.29, 0.717) is 31.2 Å². The van der Waals surface area contributed by atoms with Crippen molar-refractivity contribution in [3.05, 3.63) is 36.4 Å². The molecule has 13 heteroatoms. The Hall–Kier alpha value is -3.55. The molecule has 1 unspecified atom stereocenters. The molecule has 3 saturated heterocycles. The summed E-state index contributed by atoms with van der Waals surface area (Å²) in [6.45, 7) is 12.4. The van der Waals surface area contributed by atoms with E-state index in [1.54, 1.807) is 11.5 Å². The number of carboxylic acid groups (broad SMARTS) is 2. The predicted octanol–water partition coefficient (Wildman–Crippen LogP) is 2.66. The number of piperazine rings is 2. The average molecular weight is 601 g/mol. The molecule has 3 fully saturated rings. The Kier molecular flexibility index (Phi) is 10.9. The van der Waals surface area contributed by atoms with Crippen LogP contribution in [0.1, 0.15) is 33.1 Å². The first-order valence-corrected chi connectivity index (χ1v) is 15.2. The zero-order valence-corrected chi connectivity index (χ0v) is 25.0. The monoisotopic (exact) mass is 600 g/mol. The third-order valence-electron chi connectivity index (χ3n) is 7.94. The van der Waals surface area contributed by atoms with Gasteiger partial charge in [-0.2, -0.15) is 4.37 Å². The molecule has 4 heterocycles. The molecule has 3 aliphatic rings. The number of amides is 3. The van der Waals surface area contributed by atoms with E-state index < -0.39 is 11.9 Å². The summed E-state index contributed by atoms with van der Waals surface area (Å²) >= 11 is 1.58. The Bertz CT molecular complexity index is 1270. The number of aliphatic carboxylic acids is 2. The Morgan fingerprint density at radius 3 is 2.31 bits per heavy atom. The molecule has 3 aliphatic heterocycles. The van der Waals surface area contributed by atoms with Crippen LogP contribution in [-0.2, 0) is 14.4 Å². The first-order chi connectivity index (χ1) is 20.1. The number of urea groups is 1. The fraction of sp³-hybridized carbons (Fsp3) is 0.552. The maximum absolute atomic E-state index is 13.0. The predicted molar refractivity (Wildman–Crippen MR) is 161 cm³/mol. The molecule has 3 amide bonds. The Balaban J connectivity index is 0.000000446. The second kappa shape index (κ2) is 14.6. The lowest BCUT2D eigenvalue weighted by molar-refractivity contribution is -0.134. The fourth-order valence-electron chi connectivity index (χ4n) is 5.60. The Labute approximate surface area is 249 Å². The van der Waals surface area contributed by atoms with Gasteiger partial charge in [-0.1, -0.05) is 12.1 Å². The maximum atomic E-state index is 13.0. The van der Waals surface area contributed by atoms with Crippen LogP contribution >= 0.6 is 11.5 Å². The molecule has 1 aromatic heterocycles. The number of unbranched alkanes of at least 4 members (excludes halogenated alkanes) is 1. The zero-order chi connectivity index (χ0) is 30.2. The maximum Gasteiger partial charge on any atom is 0.328 e. The quantitative estimate of drug-likeness (QED) is 0.326. The van der Waals surface area contributed by atoms with E-state index in [1.165, 1.54) is 15.0 Å². The highest BCUT2D eigenvalue weighted by Gasteiger charge is 2.41. The smallest absolute Gasteiger partial charge is 0.328 e. The highest BCUT2D eigenvalue weighted by atomic mass is 32.1. The normalized spacial score (nSPS) is 20.3. The number of imide groups is 1. The second-order valence-corrected chi connectivity index (χ2v) is 11.8. The summed E-state index contributed by atoms with van der Waals surface area (Å²) in [5, 5.41) is 16.9. The van der Waals surface area contributed by atoms with Gasteiger partial charge >= 0.3 is 18.0 Å². The lowest BCUT2D eigenvalue weighted by atomic mass is 10.0. The van der Waals surface area contributed by atoms with Gasteiger partial charge < -0.3 is 20.0 Å². The summed E-state index contributed by atoms with van der Waals surface area (Å²) in [5.41, 5.74) is 0. The number of rotatable bonds is 9. The number of aromatic nitrogens is 1. The van der Waals surface area contributed by atoms with Crippen molar-refractivity contribution in [3.63, 3.8) is 0 Å². The van der Waals surface area contributed by atoms with Crippen molar-refractivity contribution < 1.29 is 29.4 Å². The molecule has 42 heavy (non-hydrogen) atoms. The molecule has 0 bridgehead atoms. The molecule has 0 saturated carbocycles. The van der Waals surface area contributed by atoms with Crippen molar-refractivity contribution in [2.45, 2.75) is 45.2 Å². The molecule has 228 valence electrons. The van der Waals surface area contributed by atoms with Crippen LogP contribution in [0, 0.1) is 0 Å². The van der Waals surface area contributed by atoms with Crippen molar-refractivity contribution in [2.75, 3.05) is 63.8 Å². The zero-order valence-electron chi connectivity index (χ0n) is 24.2. The highest BCUT2D eigenvalue weighted by Crippen LogP contribution is 2.30. The van der Waals surface area contributed by atoms with Gasteiger partial charge in [0.1, 0.15) is 5.82 Å². The molecular formula is C29H40N6O6S. The Morgan fingerprint density at radius 1 is 0.976 bits per heavy atom. The minimum absolute atomic E-state index is 0.000889. The van der Waals surface area contributed by atoms with Gasteiger partial charge in [-0.05, 0) is 56.9 Å². The average Bonchev–Trinajstić information content (AvgIpc) is 3.40. The molecular weight excluding hydrogens is 560 g/mol. The third-order valence-corrected chi connectivity index (χ3v) is 8.75. The van der Waals surface area contributed by atoms with E-state index >= 15 is 0 Å². The number of benzene rings is 1. The van der Waals surface area contributed by atoms with Gasteiger partial charge in [-0.25, -0.2) is 14.4 Å². The van der Waals surface area contributed by atoms with Crippen molar-refractivity contribution >= 4 is 51.3 Å². The minimum Gasteiger partial charge on any atom is -0.478 e. The van der Waals surface area contributed by atoms with Crippen LogP contribution in [0.5, 0.6) is 0 Å². The standard InChI is InChI=1S/C25H36N6O2S.C4H4O4/c1-19(2)29-15-16-30-20(18-29)17-23(32)31(25(30)33)10-6-5-9-27-11-13-28(14-12-27)24-21-7-3-4-8-22(21)34-26-24;5-3(6)1-2-4(7)8/h3-4,7-8,19-20H,5-6,9-18H2,1-2H3;1-2H,(H,5,6)(H,7,8)/b;2-1+. The number of carbonyl (C=O) groups is 4. The van der Waals surface area contributed by atoms with Gasteiger partial charge in [-0.15, -0.1) is 0 Å². The summed E-state index contributed by atoms with van der Waals surface area (Å²) < 4.78 is 5.95. The van der Waals surface area contributed by atoms with Gasteiger partial charge in [0, 0.05) is 82.4 Å². The number of carboxylic acids is 2. The van der Waals surface area contributed by atoms with Crippen LogP contribution in [0.2, 0.25) is 0 Å². The van der Waals surface area contributed by atoms with Gasteiger partial charge in [0.25, 0.3) is 0 Å². The van der Waals surface area contributed by atoms with Crippen molar-refractivity contribution in [1.29, 1.82) is 0 Å². The van der Waals surface area contributed by atoms with E-state index in [4.69, 9.17) is 14.6 Å². The van der Waals surface area contributed by atoms with E-state index in [-0.39, 0.29) is 18.0 Å². The minimum atomic E-state index is -1.26.